The van der Waals surface area contributed by atoms with Crippen molar-refractivity contribution >= 4 is 40.6 Å². The second-order valence-corrected chi connectivity index (χ2v) is 6.59. The van der Waals surface area contributed by atoms with Crippen LogP contribution in [0, 0.1) is 0 Å². The van der Waals surface area contributed by atoms with Gasteiger partial charge in [-0.2, -0.15) is 0 Å². The van der Waals surface area contributed by atoms with Crippen molar-refractivity contribution in [3.8, 4) is 0 Å². The summed E-state index contributed by atoms with van der Waals surface area (Å²) in [6.45, 7) is 6.40. The van der Waals surface area contributed by atoms with E-state index in [0.717, 1.165) is 25.9 Å². The van der Waals surface area contributed by atoms with Gasteiger partial charge in [0.2, 0.25) is 0 Å². The van der Waals surface area contributed by atoms with Crippen LogP contribution < -0.4 is 16.0 Å². The number of aryl methyl sites for hydroxylation is 1. The zero-order valence-corrected chi connectivity index (χ0v) is 16.8. The van der Waals surface area contributed by atoms with Crippen molar-refractivity contribution in [1.29, 1.82) is 0 Å². The van der Waals surface area contributed by atoms with Gasteiger partial charge in [-0.25, -0.2) is 0 Å². The predicted molar refractivity (Wildman–Crippen MR) is 111 cm³/mol. The van der Waals surface area contributed by atoms with Crippen LogP contribution in [0.4, 0.5) is 5.00 Å². The van der Waals surface area contributed by atoms with E-state index in [1.54, 1.807) is 23.6 Å². The molecule has 1 heterocycles. The highest BCUT2D eigenvalue weighted by atomic mass is 35.5. The summed E-state index contributed by atoms with van der Waals surface area (Å²) in [4.78, 5) is 24.6. The second kappa shape index (κ2) is 11.7. The number of rotatable bonds is 9. The highest BCUT2D eigenvalue weighted by molar-refractivity contribution is 7.14. The minimum absolute atomic E-state index is 0. The van der Waals surface area contributed by atoms with E-state index in [9.17, 15) is 9.59 Å². The van der Waals surface area contributed by atoms with Crippen molar-refractivity contribution in [2.75, 3.05) is 25.0 Å². The molecule has 2 aromatic rings. The topological polar surface area (TPSA) is 70.2 Å². The lowest BCUT2D eigenvalue weighted by Crippen LogP contribution is -2.32. The van der Waals surface area contributed by atoms with Gasteiger partial charge >= 0.3 is 0 Å². The molecule has 0 aliphatic rings. The minimum Gasteiger partial charge on any atom is -0.351 e. The number of anilines is 1. The number of halogens is 1. The van der Waals surface area contributed by atoms with Gasteiger partial charge in [0.05, 0.1) is 5.56 Å². The summed E-state index contributed by atoms with van der Waals surface area (Å²) in [6.07, 6.45) is 2.00. The molecule has 7 heteroatoms. The summed E-state index contributed by atoms with van der Waals surface area (Å²) in [7, 11) is 0. The number of hydrogen-bond donors (Lipinski definition) is 3. The van der Waals surface area contributed by atoms with Crippen LogP contribution in [0.25, 0.3) is 0 Å². The minimum atomic E-state index is -0.205. The highest BCUT2D eigenvalue weighted by Gasteiger charge is 2.15. The van der Waals surface area contributed by atoms with Crippen LogP contribution in [0.2, 0.25) is 0 Å². The van der Waals surface area contributed by atoms with Crippen LogP contribution in [0.15, 0.2) is 35.7 Å². The lowest BCUT2D eigenvalue weighted by Gasteiger charge is -2.08. The summed E-state index contributed by atoms with van der Waals surface area (Å²) >= 11 is 1.35. The molecule has 2 rings (SSSR count). The number of thiophene rings is 1. The molecule has 142 valence electrons. The van der Waals surface area contributed by atoms with Crippen molar-refractivity contribution in [2.24, 2.45) is 0 Å². The molecule has 3 N–H and O–H groups in total. The Balaban J connectivity index is 0.00000338. The Bertz CT molecular complexity index is 701. The SMILES string of the molecule is CCCNCCNC(=O)c1ccsc1NC(=O)c1ccc(CC)cc1.Cl. The van der Waals surface area contributed by atoms with Crippen molar-refractivity contribution in [3.63, 3.8) is 0 Å². The Hall–Kier alpha value is -1.89. The van der Waals surface area contributed by atoms with Gasteiger partial charge < -0.3 is 16.0 Å². The van der Waals surface area contributed by atoms with E-state index < -0.39 is 0 Å². The first kappa shape index (κ1) is 22.2. The number of carbonyl (C=O) groups is 2. The average molecular weight is 396 g/mol. The number of carbonyl (C=O) groups excluding carboxylic acids is 2. The average Bonchev–Trinajstić information content (AvgIpc) is 3.09. The van der Waals surface area contributed by atoms with E-state index in [0.29, 0.717) is 22.7 Å². The zero-order valence-electron chi connectivity index (χ0n) is 15.1. The second-order valence-electron chi connectivity index (χ2n) is 5.67. The third-order valence-corrected chi connectivity index (χ3v) is 4.61. The van der Waals surface area contributed by atoms with Gasteiger partial charge in [0, 0.05) is 18.7 Å². The van der Waals surface area contributed by atoms with Crippen molar-refractivity contribution in [1.82, 2.24) is 10.6 Å². The Morgan fingerprint density at radius 3 is 2.35 bits per heavy atom. The molecule has 0 atom stereocenters. The molecule has 0 spiro atoms. The molecule has 0 radical (unpaired) electrons. The summed E-state index contributed by atoms with van der Waals surface area (Å²) in [5.41, 5.74) is 2.27. The Kier molecular flexibility index (Phi) is 9.95. The Labute approximate surface area is 165 Å². The van der Waals surface area contributed by atoms with Gasteiger partial charge in [-0.3, -0.25) is 9.59 Å². The molecule has 0 bridgehead atoms. The van der Waals surface area contributed by atoms with Crippen LogP contribution in [-0.2, 0) is 6.42 Å². The van der Waals surface area contributed by atoms with E-state index in [4.69, 9.17) is 0 Å². The molecule has 0 aliphatic heterocycles. The molecule has 5 nitrogen and oxygen atoms in total. The smallest absolute Gasteiger partial charge is 0.256 e. The predicted octanol–water partition coefficient (Wildman–Crippen LogP) is 3.71. The third-order valence-electron chi connectivity index (χ3n) is 3.78. The maximum atomic E-state index is 12.4. The first-order valence-electron chi connectivity index (χ1n) is 8.62. The largest absolute Gasteiger partial charge is 0.351 e. The molecule has 0 saturated heterocycles. The van der Waals surface area contributed by atoms with Crippen molar-refractivity contribution in [2.45, 2.75) is 26.7 Å². The van der Waals surface area contributed by atoms with Crippen LogP contribution in [-0.4, -0.2) is 31.4 Å². The van der Waals surface area contributed by atoms with Crippen LogP contribution in [0.1, 0.15) is 46.5 Å². The van der Waals surface area contributed by atoms with Crippen molar-refractivity contribution < 1.29 is 9.59 Å². The van der Waals surface area contributed by atoms with E-state index in [1.807, 2.05) is 12.1 Å². The fourth-order valence-corrected chi connectivity index (χ4v) is 3.09. The number of benzene rings is 1. The number of amides is 2. The molecule has 0 aliphatic carbocycles. The molecule has 1 aromatic carbocycles. The van der Waals surface area contributed by atoms with Gasteiger partial charge in [-0.05, 0) is 48.5 Å². The van der Waals surface area contributed by atoms with E-state index in [1.165, 1.54) is 16.9 Å². The molecular weight excluding hydrogens is 370 g/mol. The van der Waals surface area contributed by atoms with E-state index in [2.05, 4.69) is 29.8 Å². The Morgan fingerprint density at radius 1 is 0.962 bits per heavy atom. The highest BCUT2D eigenvalue weighted by Crippen LogP contribution is 2.24. The van der Waals surface area contributed by atoms with Crippen LogP contribution >= 0.6 is 23.7 Å². The van der Waals surface area contributed by atoms with Crippen LogP contribution in [0.5, 0.6) is 0 Å². The lowest BCUT2D eigenvalue weighted by atomic mass is 10.1. The molecule has 26 heavy (non-hydrogen) atoms. The lowest BCUT2D eigenvalue weighted by molar-refractivity contribution is 0.0955. The molecular formula is C19H26ClN3O2S. The van der Waals surface area contributed by atoms with Crippen molar-refractivity contribution in [3.05, 3.63) is 52.4 Å². The number of nitrogens with one attached hydrogen (secondary N) is 3. The maximum Gasteiger partial charge on any atom is 0.256 e. The quantitative estimate of drug-likeness (QED) is 0.567. The molecule has 0 unspecified atom stereocenters. The van der Waals surface area contributed by atoms with E-state index in [-0.39, 0.29) is 24.2 Å². The molecule has 0 fully saturated rings. The van der Waals surface area contributed by atoms with Gasteiger partial charge in [0.1, 0.15) is 5.00 Å². The first-order valence-corrected chi connectivity index (χ1v) is 9.50. The molecule has 0 saturated carbocycles. The summed E-state index contributed by atoms with van der Waals surface area (Å²) in [5.74, 6) is -0.375. The first-order chi connectivity index (χ1) is 12.2. The fourth-order valence-electron chi connectivity index (χ4n) is 2.31. The van der Waals surface area contributed by atoms with Gasteiger partial charge in [0.25, 0.3) is 11.8 Å². The van der Waals surface area contributed by atoms with Gasteiger partial charge in [-0.15, -0.1) is 23.7 Å². The molecule has 1 aromatic heterocycles. The zero-order chi connectivity index (χ0) is 18.1. The summed E-state index contributed by atoms with van der Waals surface area (Å²) in [5, 5.41) is 11.3. The van der Waals surface area contributed by atoms with Gasteiger partial charge in [-0.1, -0.05) is 26.0 Å². The van der Waals surface area contributed by atoms with Gasteiger partial charge in [0.15, 0.2) is 0 Å². The standard InChI is InChI=1S/C19H25N3O2S.ClH/c1-3-10-20-11-12-21-18(24)16-9-13-25-19(16)22-17(23)15-7-5-14(4-2)6-8-15;/h5-9,13,20H,3-4,10-12H2,1-2H3,(H,21,24)(H,22,23);1H. The third kappa shape index (κ3) is 6.44. The normalized spacial score (nSPS) is 10.1. The Morgan fingerprint density at radius 2 is 1.69 bits per heavy atom. The summed E-state index contributed by atoms with van der Waals surface area (Å²) in [6, 6.07) is 9.23. The molecule has 2 amide bonds. The maximum absolute atomic E-state index is 12.4. The number of hydrogen-bond acceptors (Lipinski definition) is 4. The van der Waals surface area contributed by atoms with E-state index >= 15 is 0 Å². The fraction of sp³-hybridized carbons (Fsp3) is 0.368. The monoisotopic (exact) mass is 395 g/mol. The summed E-state index contributed by atoms with van der Waals surface area (Å²) < 4.78 is 0. The van der Waals surface area contributed by atoms with Crippen LogP contribution in [0.3, 0.4) is 0 Å².